The zero-order valence-electron chi connectivity index (χ0n) is 11.9. The van der Waals surface area contributed by atoms with Gasteiger partial charge in [0.15, 0.2) is 4.90 Å². The van der Waals surface area contributed by atoms with Crippen LogP contribution in [0, 0.1) is 11.3 Å². The van der Waals surface area contributed by atoms with Crippen molar-refractivity contribution in [2.75, 3.05) is 14.2 Å². The van der Waals surface area contributed by atoms with E-state index in [0.29, 0.717) is 11.3 Å². The van der Waals surface area contributed by atoms with E-state index in [1.54, 1.807) is 6.07 Å². The fourth-order valence-electron chi connectivity index (χ4n) is 1.74. The summed E-state index contributed by atoms with van der Waals surface area (Å²) in [6.07, 6.45) is 0. The van der Waals surface area contributed by atoms with Crippen molar-refractivity contribution in [1.82, 2.24) is 0 Å². The minimum absolute atomic E-state index is 0.101. The molecular weight excluding hydrogens is 306 g/mol. The van der Waals surface area contributed by atoms with Crippen LogP contribution in [-0.4, -0.2) is 22.6 Å². The largest absolute Gasteiger partial charge is 0.497 e. The van der Waals surface area contributed by atoms with Gasteiger partial charge in [0, 0.05) is 6.07 Å². The van der Waals surface area contributed by atoms with E-state index in [1.807, 2.05) is 6.07 Å². The van der Waals surface area contributed by atoms with Crippen molar-refractivity contribution >= 4 is 10.1 Å². The highest BCUT2D eigenvalue weighted by atomic mass is 32.2. The summed E-state index contributed by atoms with van der Waals surface area (Å²) in [5.41, 5.74) is 0.406. The van der Waals surface area contributed by atoms with E-state index in [4.69, 9.17) is 18.9 Å². The summed E-state index contributed by atoms with van der Waals surface area (Å²) >= 11 is 0. The third-order valence-corrected chi connectivity index (χ3v) is 4.10. The molecule has 0 radical (unpaired) electrons. The molecule has 7 heteroatoms. The van der Waals surface area contributed by atoms with Crippen molar-refractivity contribution in [2.45, 2.75) is 4.90 Å². The summed E-state index contributed by atoms with van der Waals surface area (Å²) in [6.45, 7) is 0. The molecule has 0 aliphatic carbocycles. The van der Waals surface area contributed by atoms with Gasteiger partial charge < -0.3 is 13.7 Å². The maximum atomic E-state index is 12.4. The Hall–Kier alpha value is -2.72. The third kappa shape index (κ3) is 3.30. The van der Waals surface area contributed by atoms with Crippen molar-refractivity contribution in [2.24, 2.45) is 0 Å². The number of ether oxygens (including phenoxy) is 2. The molecule has 0 atom stereocenters. The molecule has 0 fully saturated rings. The van der Waals surface area contributed by atoms with E-state index < -0.39 is 10.1 Å². The van der Waals surface area contributed by atoms with E-state index >= 15 is 0 Å². The number of hydrogen-bond donors (Lipinski definition) is 0. The second-order valence-electron chi connectivity index (χ2n) is 4.19. The first-order valence-electron chi connectivity index (χ1n) is 6.17. The topological polar surface area (TPSA) is 85.6 Å². The number of rotatable bonds is 5. The molecular formula is C15H13NO5S. The molecule has 2 rings (SSSR count). The summed E-state index contributed by atoms with van der Waals surface area (Å²) in [7, 11) is -1.30. The standard InChI is InChI=1S/C15H13NO5S/c1-19-13-7-8-14(20-2)15(9-13)22(17,18)21-12-5-3-11(10-16)4-6-12/h3-9H,1-2H3. The van der Waals surface area contributed by atoms with Gasteiger partial charge in [-0.2, -0.15) is 13.7 Å². The van der Waals surface area contributed by atoms with Crippen LogP contribution in [0.25, 0.3) is 0 Å². The molecule has 0 amide bonds. The minimum Gasteiger partial charge on any atom is -0.497 e. The number of benzene rings is 2. The zero-order chi connectivity index (χ0) is 16.2. The van der Waals surface area contributed by atoms with Crippen LogP contribution in [0.1, 0.15) is 5.56 Å². The number of methoxy groups -OCH3 is 2. The average Bonchev–Trinajstić information content (AvgIpc) is 2.54. The first kappa shape index (κ1) is 15.7. The Balaban J connectivity index is 2.39. The molecule has 0 heterocycles. The third-order valence-electron chi connectivity index (χ3n) is 2.83. The molecule has 0 spiro atoms. The van der Waals surface area contributed by atoms with Gasteiger partial charge in [-0.25, -0.2) is 0 Å². The van der Waals surface area contributed by atoms with Gasteiger partial charge in [-0.05, 0) is 36.4 Å². The summed E-state index contributed by atoms with van der Waals surface area (Å²) in [5, 5.41) is 8.73. The lowest BCUT2D eigenvalue weighted by Crippen LogP contribution is -2.11. The highest BCUT2D eigenvalue weighted by Crippen LogP contribution is 2.30. The van der Waals surface area contributed by atoms with Crippen molar-refractivity contribution in [3.63, 3.8) is 0 Å². The molecule has 6 nitrogen and oxygen atoms in total. The smallest absolute Gasteiger partial charge is 0.343 e. The lowest BCUT2D eigenvalue weighted by atomic mass is 10.2. The van der Waals surface area contributed by atoms with Gasteiger partial charge in [-0.1, -0.05) is 0 Å². The van der Waals surface area contributed by atoms with Crippen LogP contribution in [-0.2, 0) is 10.1 Å². The zero-order valence-corrected chi connectivity index (χ0v) is 12.8. The van der Waals surface area contributed by atoms with Gasteiger partial charge >= 0.3 is 10.1 Å². The molecule has 0 saturated carbocycles. The fraction of sp³-hybridized carbons (Fsp3) is 0.133. The SMILES string of the molecule is COc1ccc(OC)c(S(=O)(=O)Oc2ccc(C#N)cc2)c1. The van der Waals surface area contributed by atoms with Gasteiger partial charge in [0.2, 0.25) is 0 Å². The molecule has 0 unspecified atom stereocenters. The quantitative estimate of drug-likeness (QED) is 0.786. The minimum atomic E-state index is -4.10. The van der Waals surface area contributed by atoms with Crippen LogP contribution in [0.15, 0.2) is 47.4 Å². The first-order valence-corrected chi connectivity index (χ1v) is 7.57. The number of nitrogens with zero attached hydrogens (tertiary/aromatic N) is 1. The van der Waals surface area contributed by atoms with E-state index in [9.17, 15) is 8.42 Å². The Bertz CT molecular complexity index is 807. The van der Waals surface area contributed by atoms with Crippen molar-refractivity contribution in [3.05, 3.63) is 48.0 Å². The Labute approximate surface area is 128 Å². The Morgan fingerprint density at radius 2 is 1.59 bits per heavy atom. The Kier molecular flexibility index (Phi) is 4.53. The molecule has 0 N–H and O–H groups in total. The first-order chi connectivity index (χ1) is 10.5. The van der Waals surface area contributed by atoms with Crippen molar-refractivity contribution < 1.29 is 22.1 Å². The molecule has 114 valence electrons. The molecule has 0 saturated heterocycles. The maximum Gasteiger partial charge on any atom is 0.343 e. The van der Waals surface area contributed by atoms with E-state index in [0.717, 1.165) is 0 Å². The second kappa shape index (κ2) is 6.37. The van der Waals surface area contributed by atoms with Gasteiger partial charge in [-0.15, -0.1) is 0 Å². The molecule has 22 heavy (non-hydrogen) atoms. The molecule has 0 aliphatic heterocycles. The van der Waals surface area contributed by atoms with Gasteiger partial charge in [0.1, 0.15) is 17.2 Å². The maximum absolute atomic E-state index is 12.4. The van der Waals surface area contributed by atoms with Crippen LogP contribution >= 0.6 is 0 Å². The van der Waals surface area contributed by atoms with Crippen LogP contribution < -0.4 is 13.7 Å². The summed E-state index contributed by atoms with van der Waals surface area (Å²) in [4.78, 5) is -0.140. The van der Waals surface area contributed by atoms with Crippen LogP contribution in [0.3, 0.4) is 0 Å². The van der Waals surface area contributed by atoms with E-state index in [-0.39, 0.29) is 16.4 Å². The van der Waals surface area contributed by atoms with Crippen LogP contribution in [0.4, 0.5) is 0 Å². The lowest BCUT2D eigenvalue weighted by Gasteiger charge is -2.12. The van der Waals surface area contributed by atoms with Crippen molar-refractivity contribution in [1.29, 1.82) is 5.26 Å². The predicted molar refractivity (Wildman–Crippen MR) is 78.5 cm³/mol. The predicted octanol–water partition coefficient (Wildman–Crippen LogP) is 2.34. The van der Waals surface area contributed by atoms with Crippen LogP contribution in [0.2, 0.25) is 0 Å². The molecule has 2 aromatic rings. The van der Waals surface area contributed by atoms with E-state index in [1.165, 1.54) is 50.6 Å². The van der Waals surface area contributed by atoms with Gasteiger partial charge in [0.25, 0.3) is 0 Å². The summed E-state index contributed by atoms with van der Waals surface area (Å²) in [6, 6.07) is 12.1. The average molecular weight is 319 g/mol. The molecule has 0 aliphatic rings. The highest BCUT2D eigenvalue weighted by molar-refractivity contribution is 7.87. The molecule has 0 aromatic heterocycles. The normalized spacial score (nSPS) is 10.6. The van der Waals surface area contributed by atoms with Gasteiger partial charge in [-0.3, -0.25) is 0 Å². The Morgan fingerprint density at radius 3 is 2.14 bits per heavy atom. The van der Waals surface area contributed by atoms with Crippen molar-refractivity contribution in [3.8, 4) is 23.3 Å². The second-order valence-corrected chi connectivity index (χ2v) is 5.71. The highest BCUT2D eigenvalue weighted by Gasteiger charge is 2.23. The summed E-state index contributed by atoms with van der Waals surface area (Å²) < 4.78 is 39.9. The number of nitriles is 1. The van der Waals surface area contributed by atoms with E-state index in [2.05, 4.69) is 0 Å². The number of hydrogen-bond acceptors (Lipinski definition) is 6. The van der Waals surface area contributed by atoms with Gasteiger partial charge in [0.05, 0.1) is 25.9 Å². The van der Waals surface area contributed by atoms with Crippen LogP contribution in [0.5, 0.6) is 17.2 Å². The fourth-order valence-corrected chi connectivity index (χ4v) is 2.85. The molecule has 2 aromatic carbocycles. The monoisotopic (exact) mass is 319 g/mol. The Morgan fingerprint density at radius 1 is 0.955 bits per heavy atom. The lowest BCUT2D eigenvalue weighted by molar-refractivity contribution is 0.388. The summed E-state index contributed by atoms with van der Waals surface area (Å²) in [5.74, 6) is 0.612. The molecule has 0 bridgehead atoms.